The second-order valence-electron chi connectivity index (χ2n) is 9.82. The van der Waals surface area contributed by atoms with E-state index in [1.807, 2.05) is 12.1 Å². The zero-order valence-electron chi connectivity index (χ0n) is 18.6. The molecule has 0 amide bonds. The predicted molar refractivity (Wildman–Crippen MR) is 115 cm³/mol. The van der Waals surface area contributed by atoms with E-state index in [1.54, 1.807) is 7.11 Å². The lowest BCUT2D eigenvalue weighted by Gasteiger charge is -2.50. The average molecular weight is 431 g/mol. The Bertz CT molecular complexity index is 849. The molecule has 170 valence electrons. The lowest BCUT2D eigenvalue weighted by Crippen LogP contribution is -2.44. The summed E-state index contributed by atoms with van der Waals surface area (Å²) in [6, 6.07) is 3.86. The molecule has 3 aliphatic rings. The van der Waals surface area contributed by atoms with Crippen LogP contribution in [0, 0.1) is 23.2 Å². The number of Topliss-reactive ketones (excluding diaryl/α,β-unsaturated/α-hetero) is 1. The molecular weight excluding hydrogens is 396 g/mol. The molecule has 31 heavy (non-hydrogen) atoms. The van der Waals surface area contributed by atoms with Gasteiger partial charge >= 0.3 is 5.97 Å². The van der Waals surface area contributed by atoms with E-state index in [1.165, 1.54) is 11.1 Å². The minimum Gasteiger partial charge on any atom is -0.504 e. The molecule has 0 heterocycles. The number of hydrogen-bond donors (Lipinski definition) is 2. The first-order chi connectivity index (χ1) is 14.8. The Morgan fingerprint density at radius 2 is 2.06 bits per heavy atom. The van der Waals surface area contributed by atoms with Crippen LogP contribution in [-0.4, -0.2) is 42.3 Å². The monoisotopic (exact) mass is 430 g/mol. The molecule has 6 nitrogen and oxygen atoms in total. The zero-order chi connectivity index (χ0) is 22.2. The molecule has 1 aromatic rings. The van der Waals surface area contributed by atoms with Crippen LogP contribution >= 0.6 is 0 Å². The fraction of sp³-hybridized carbons (Fsp3) is 0.680. The van der Waals surface area contributed by atoms with Crippen LogP contribution in [0.3, 0.4) is 0 Å². The molecule has 4 rings (SSSR count). The maximum Gasteiger partial charge on any atom is 0.303 e. The van der Waals surface area contributed by atoms with Gasteiger partial charge in [0.25, 0.3) is 0 Å². The van der Waals surface area contributed by atoms with Gasteiger partial charge in [0, 0.05) is 25.4 Å². The van der Waals surface area contributed by atoms with Crippen LogP contribution in [0.15, 0.2) is 12.1 Å². The molecule has 2 fully saturated rings. The minimum absolute atomic E-state index is 0.173. The molecule has 0 aromatic heterocycles. The second-order valence-corrected chi connectivity index (χ2v) is 9.82. The highest BCUT2D eigenvalue weighted by Crippen LogP contribution is 2.62. The van der Waals surface area contributed by atoms with Crippen molar-refractivity contribution in [3.63, 3.8) is 0 Å². The van der Waals surface area contributed by atoms with E-state index >= 15 is 0 Å². The molecule has 0 saturated heterocycles. The Morgan fingerprint density at radius 1 is 1.26 bits per heavy atom. The summed E-state index contributed by atoms with van der Waals surface area (Å²) >= 11 is 0. The number of aromatic hydroxyl groups is 1. The van der Waals surface area contributed by atoms with Crippen molar-refractivity contribution in [1.29, 1.82) is 0 Å². The molecule has 0 spiro atoms. The smallest absolute Gasteiger partial charge is 0.303 e. The van der Waals surface area contributed by atoms with Gasteiger partial charge in [0.2, 0.25) is 0 Å². The minimum atomic E-state index is -0.763. The number of benzene rings is 1. The number of carboxylic acid groups (broad SMARTS) is 1. The number of fused-ring (bicyclic) bond motifs is 5. The third kappa shape index (κ3) is 4.07. The number of methoxy groups -OCH3 is 1. The number of ether oxygens (including phenoxy) is 2. The van der Waals surface area contributed by atoms with Gasteiger partial charge in [-0.2, -0.15) is 0 Å². The Kier molecular flexibility index (Phi) is 6.29. The van der Waals surface area contributed by atoms with Gasteiger partial charge < -0.3 is 19.7 Å². The summed E-state index contributed by atoms with van der Waals surface area (Å²) in [6.45, 7) is 3.00. The molecule has 0 bridgehead atoms. The van der Waals surface area contributed by atoms with Crippen molar-refractivity contribution in [3.8, 4) is 11.5 Å². The number of hydrogen-bond acceptors (Lipinski definition) is 5. The average Bonchev–Trinajstić information content (AvgIpc) is 2.98. The standard InChI is InChI=1S/C25H34O6/c1-25-9-8-17-18(24(25)16(13-22(25)27)4-3-5-23(28)29)7-6-15-12-20(26)21(14-19(15)17)31-11-10-30-2/h12,14,16-18,24,26H,3-11,13H2,1-2H3,(H,28,29)/t16-,17-,18?,24-,25?/m0/s1. The molecule has 2 N–H and O–H groups in total. The van der Waals surface area contributed by atoms with Crippen LogP contribution in [0.4, 0.5) is 0 Å². The maximum absolute atomic E-state index is 13.0. The van der Waals surface area contributed by atoms with Gasteiger partial charge in [0.1, 0.15) is 12.4 Å². The maximum atomic E-state index is 13.0. The molecular formula is C25H34O6. The first-order valence-corrected chi connectivity index (χ1v) is 11.6. The summed E-state index contributed by atoms with van der Waals surface area (Å²) in [7, 11) is 1.62. The van der Waals surface area contributed by atoms with Gasteiger partial charge in [-0.3, -0.25) is 9.59 Å². The quantitative estimate of drug-likeness (QED) is 0.597. The van der Waals surface area contributed by atoms with Gasteiger partial charge in [0.15, 0.2) is 11.5 Å². The molecule has 3 aliphatic carbocycles. The van der Waals surface area contributed by atoms with Gasteiger partial charge in [-0.1, -0.05) is 6.92 Å². The van der Waals surface area contributed by atoms with E-state index in [0.717, 1.165) is 32.1 Å². The van der Waals surface area contributed by atoms with Gasteiger partial charge in [-0.05, 0) is 85.5 Å². The first kappa shape index (κ1) is 22.1. The fourth-order valence-corrected chi connectivity index (χ4v) is 6.78. The molecule has 0 radical (unpaired) electrons. The number of carbonyl (C=O) groups excluding carboxylic acids is 1. The van der Waals surface area contributed by atoms with E-state index in [-0.39, 0.29) is 23.5 Å². The summed E-state index contributed by atoms with van der Waals surface area (Å²) in [6.07, 6.45) is 5.99. The number of aliphatic carboxylic acids is 1. The Morgan fingerprint density at radius 3 is 2.81 bits per heavy atom. The normalized spacial score (nSPS) is 31.6. The van der Waals surface area contributed by atoms with Crippen molar-refractivity contribution in [1.82, 2.24) is 0 Å². The Hall–Kier alpha value is -2.08. The van der Waals surface area contributed by atoms with Crippen molar-refractivity contribution in [3.05, 3.63) is 23.3 Å². The van der Waals surface area contributed by atoms with Gasteiger partial charge in [0.05, 0.1) is 6.61 Å². The highest BCUT2D eigenvalue weighted by atomic mass is 16.5. The lowest BCUT2D eigenvalue weighted by atomic mass is 9.54. The Labute approximate surface area is 183 Å². The first-order valence-electron chi connectivity index (χ1n) is 11.6. The van der Waals surface area contributed by atoms with E-state index in [0.29, 0.717) is 55.3 Å². The van der Waals surface area contributed by atoms with Crippen LogP contribution in [0.2, 0.25) is 0 Å². The SMILES string of the molecule is COCCOc1cc2c(cc1O)CCC1[C@@H]2CCC2(C)C(=O)C[C@H](CCCC(=O)O)[C@@H]12. The van der Waals surface area contributed by atoms with Crippen molar-refractivity contribution in [2.24, 2.45) is 23.2 Å². The zero-order valence-corrected chi connectivity index (χ0v) is 18.6. The number of phenolic OH excluding ortho intramolecular Hbond substituents is 1. The van der Waals surface area contributed by atoms with Crippen LogP contribution in [0.1, 0.15) is 68.9 Å². The molecule has 1 aromatic carbocycles. The van der Waals surface area contributed by atoms with Crippen LogP contribution in [-0.2, 0) is 20.7 Å². The van der Waals surface area contributed by atoms with E-state index in [4.69, 9.17) is 14.6 Å². The molecule has 6 heteroatoms. The highest BCUT2D eigenvalue weighted by molar-refractivity contribution is 5.87. The number of aryl methyl sites for hydroxylation is 1. The van der Waals surface area contributed by atoms with Crippen molar-refractivity contribution >= 4 is 11.8 Å². The van der Waals surface area contributed by atoms with E-state index in [2.05, 4.69) is 6.92 Å². The summed E-state index contributed by atoms with van der Waals surface area (Å²) in [5.74, 6) is 1.66. The van der Waals surface area contributed by atoms with Crippen molar-refractivity contribution < 1.29 is 29.3 Å². The third-order valence-electron chi connectivity index (χ3n) is 8.16. The topological polar surface area (TPSA) is 93.1 Å². The number of phenols is 1. The number of carbonyl (C=O) groups is 2. The van der Waals surface area contributed by atoms with Gasteiger partial charge in [-0.15, -0.1) is 0 Å². The lowest BCUT2D eigenvalue weighted by molar-refractivity contribution is -0.137. The molecule has 2 saturated carbocycles. The fourth-order valence-electron chi connectivity index (χ4n) is 6.78. The van der Waals surface area contributed by atoms with E-state index < -0.39 is 5.97 Å². The second kappa shape index (κ2) is 8.81. The van der Waals surface area contributed by atoms with Crippen LogP contribution in [0.5, 0.6) is 11.5 Å². The summed E-state index contributed by atoms with van der Waals surface area (Å²) in [5.41, 5.74) is 2.17. The summed E-state index contributed by atoms with van der Waals surface area (Å²) < 4.78 is 10.8. The van der Waals surface area contributed by atoms with Crippen molar-refractivity contribution in [2.75, 3.05) is 20.3 Å². The summed E-state index contributed by atoms with van der Waals surface area (Å²) in [5, 5.41) is 19.5. The molecule has 5 atom stereocenters. The molecule has 0 aliphatic heterocycles. The Balaban J connectivity index is 1.59. The van der Waals surface area contributed by atoms with Crippen LogP contribution in [0.25, 0.3) is 0 Å². The van der Waals surface area contributed by atoms with Gasteiger partial charge in [-0.25, -0.2) is 0 Å². The predicted octanol–water partition coefficient (Wildman–Crippen LogP) is 4.32. The van der Waals surface area contributed by atoms with E-state index in [9.17, 15) is 14.7 Å². The summed E-state index contributed by atoms with van der Waals surface area (Å²) in [4.78, 5) is 24.0. The van der Waals surface area contributed by atoms with Crippen molar-refractivity contribution in [2.45, 2.75) is 64.2 Å². The largest absolute Gasteiger partial charge is 0.504 e. The number of rotatable bonds is 8. The number of ketones is 1. The highest BCUT2D eigenvalue weighted by Gasteiger charge is 2.58. The van der Waals surface area contributed by atoms with Crippen LogP contribution < -0.4 is 4.74 Å². The molecule has 2 unspecified atom stereocenters. The third-order valence-corrected chi connectivity index (χ3v) is 8.16. The number of carboxylic acids is 1.